The number of fused-ring (bicyclic) bond motifs is 1. The van der Waals surface area contributed by atoms with Gasteiger partial charge >= 0.3 is 0 Å². The summed E-state index contributed by atoms with van der Waals surface area (Å²) in [6.07, 6.45) is 7.67. The number of aromatic nitrogens is 6. The van der Waals surface area contributed by atoms with E-state index in [0.29, 0.717) is 17.3 Å². The molecule has 162 valence electrons. The number of likely N-dealkylation sites (tertiary alicyclic amines) is 1. The standard InChI is InChI=1S/C24H25N7O/c1-30-9-6-16(7-10-30)20-12-18(5-8-25-20)23(32)13-24-26-14-19-4-3-17(11-21(19)27-24)22-15-31(2)29-28-22/h3-5,8,11-12,14-16H,6-7,9-10,13H2,1-2H3. The number of carbonyl (C=O) groups is 1. The van der Waals surface area contributed by atoms with E-state index in [2.05, 4.69) is 37.2 Å². The Balaban J connectivity index is 1.36. The van der Waals surface area contributed by atoms with E-state index >= 15 is 0 Å². The van der Waals surface area contributed by atoms with Gasteiger partial charge < -0.3 is 4.90 Å². The lowest BCUT2D eigenvalue weighted by Gasteiger charge is -2.28. The van der Waals surface area contributed by atoms with E-state index in [4.69, 9.17) is 0 Å². The Kier molecular flexibility index (Phi) is 5.45. The van der Waals surface area contributed by atoms with Crippen LogP contribution in [0, 0.1) is 0 Å². The maximum Gasteiger partial charge on any atom is 0.170 e. The highest BCUT2D eigenvalue weighted by molar-refractivity contribution is 5.97. The molecular formula is C24H25N7O. The van der Waals surface area contributed by atoms with Crippen molar-refractivity contribution in [3.63, 3.8) is 0 Å². The lowest BCUT2D eigenvalue weighted by molar-refractivity contribution is 0.0990. The third-order valence-corrected chi connectivity index (χ3v) is 6.09. The van der Waals surface area contributed by atoms with Crippen LogP contribution < -0.4 is 0 Å². The minimum Gasteiger partial charge on any atom is -0.306 e. The third kappa shape index (κ3) is 4.27. The molecule has 1 fully saturated rings. The Hall–Kier alpha value is -3.52. The normalized spacial score (nSPS) is 15.3. The van der Waals surface area contributed by atoms with Gasteiger partial charge in [0.15, 0.2) is 5.78 Å². The van der Waals surface area contributed by atoms with Crippen molar-refractivity contribution in [1.29, 1.82) is 0 Å². The van der Waals surface area contributed by atoms with Crippen molar-refractivity contribution in [3.8, 4) is 11.3 Å². The summed E-state index contributed by atoms with van der Waals surface area (Å²) in [5, 5.41) is 9.07. The number of nitrogens with zero attached hydrogens (tertiary/aromatic N) is 7. The predicted molar refractivity (Wildman–Crippen MR) is 121 cm³/mol. The summed E-state index contributed by atoms with van der Waals surface area (Å²) in [7, 11) is 3.98. The summed E-state index contributed by atoms with van der Waals surface area (Å²) in [5.74, 6) is 0.929. The number of hydrogen-bond acceptors (Lipinski definition) is 7. The fraction of sp³-hybridized carbons (Fsp3) is 0.333. The summed E-state index contributed by atoms with van der Waals surface area (Å²) in [5.41, 5.74) is 4.18. The van der Waals surface area contributed by atoms with Gasteiger partial charge in [-0.3, -0.25) is 14.5 Å². The molecule has 32 heavy (non-hydrogen) atoms. The van der Waals surface area contributed by atoms with Crippen LogP contribution in [-0.2, 0) is 13.5 Å². The van der Waals surface area contributed by atoms with E-state index in [1.807, 2.05) is 37.5 Å². The number of piperidine rings is 1. The van der Waals surface area contributed by atoms with Gasteiger partial charge in [0, 0.05) is 47.6 Å². The van der Waals surface area contributed by atoms with Gasteiger partial charge in [0.05, 0.1) is 18.1 Å². The quantitative estimate of drug-likeness (QED) is 0.452. The van der Waals surface area contributed by atoms with Crippen LogP contribution in [0.3, 0.4) is 0 Å². The minimum absolute atomic E-state index is 0.00556. The van der Waals surface area contributed by atoms with E-state index < -0.39 is 0 Å². The second kappa shape index (κ2) is 8.55. The topological polar surface area (TPSA) is 89.7 Å². The molecule has 1 saturated heterocycles. The first-order valence-corrected chi connectivity index (χ1v) is 10.9. The zero-order valence-corrected chi connectivity index (χ0v) is 18.3. The number of rotatable bonds is 5. The van der Waals surface area contributed by atoms with Crippen molar-refractivity contribution in [3.05, 3.63) is 66.0 Å². The molecule has 0 amide bonds. The van der Waals surface area contributed by atoms with Crippen LogP contribution in [0.2, 0.25) is 0 Å². The van der Waals surface area contributed by atoms with E-state index in [9.17, 15) is 4.79 Å². The Morgan fingerprint density at radius 2 is 1.94 bits per heavy atom. The molecule has 3 aromatic heterocycles. The molecule has 1 aromatic carbocycles. The number of Topliss-reactive ketones (excluding diaryl/α,β-unsaturated/α-hetero) is 1. The number of hydrogen-bond donors (Lipinski definition) is 0. The molecular weight excluding hydrogens is 402 g/mol. The Bertz CT molecular complexity index is 1270. The maximum atomic E-state index is 13.0. The number of ketones is 1. The first-order valence-electron chi connectivity index (χ1n) is 10.9. The Morgan fingerprint density at radius 1 is 1.09 bits per heavy atom. The van der Waals surface area contributed by atoms with E-state index in [0.717, 1.165) is 53.8 Å². The summed E-state index contributed by atoms with van der Waals surface area (Å²) in [6, 6.07) is 9.63. The monoisotopic (exact) mass is 427 g/mol. The molecule has 8 heteroatoms. The van der Waals surface area contributed by atoms with Crippen molar-refractivity contribution in [2.75, 3.05) is 20.1 Å². The number of benzene rings is 1. The molecule has 4 heterocycles. The van der Waals surface area contributed by atoms with Gasteiger partial charge in [-0.25, -0.2) is 9.97 Å². The Labute approximate surface area is 186 Å². The SMILES string of the molecule is CN1CCC(c2cc(C(=O)Cc3ncc4ccc(-c5cn(C)nn5)cc4n3)ccn2)CC1. The molecule has 0 atom stereocenters. The van der Waals surface area contributed by atoms with Crippen molar-refractivity contribution >= 4 is 16.7 Å². The summed E-state index contributed by atoms with van der Waals surface area (Å²) < 4.78 is 1.66. The van der Waals surface area contributed by atoms with Crippen LogP contribution in [0.4, 0.5) is 0 Å². The average Bonchev–Trinajstić information content (AvgIpc) is 3.25. The second-order valence-electron chi connectivity index (χ2n) is 8.48. The lowest BCUT2D eigenvalue weighted by atomic mass is 9.92. The highest BCUT2D eigenvalue weighted by Gasteiger charge is 2.21. The molecule has 0 radical (unpaired) electrons. The van der Waals surface area contributed by atoms with Crippen LogP contribution in [0.1, 0.15) is 40.6 Å². The van der Waals surface area contributed by atoms with Gasteiger partial charge in [-0.15, -0.1) is 5.10 Å². The molecule has 8 nitrogen and oxygen atoms in total. The number of pyridine rings is 1. The molecule has 1 aliphatic rings. The largest absolute Gasteiger partial charge is 0.306 e. The second-order valence-corrected chi connectivity index (χ2v) is 8.48. The maximum absolute atomic E-state index is 13.0. The lowest BCUT2D eigenvalue weighted by Crippen LogP contribution is -2.29. The molecule has 4 aromatic rings. The molecule has 5 rings (SSSR count). The number of aryl methyl sites for hydroxylation is 1. The molecule has 0 saturated carbocycles. The van der Waals surface area contributed by atoms with Gasteiger partial charge in [-0.05, 0) is 51.2 Å². The van der Waals surface area contributed by atoms with Crippen LogP contribution in [0.5, 0.6) is 0 Å². The summed E-state index contributed by atoms with van der Waals surface area (Å²) in [4.78, 5) is 28.9. The molecule has 1 aliphatic heterocycles. The number of carbonyl (C=O) groups excluding carboxylic acids is 1. The zero-order valence-electron chi connectivity index (χ0n) is 18.3. The Morgan fingerprint density at radius 3 is 2.72 bits per heavy atom. The first kappa shape index (κ1) is 20.4. The van der Waals surface area contributed by atoms with E-state index in [1.54, 1.807) is 23.1 Å². The van der Waals surface area contributed by atoms with Crippen molar-refractivity contribution in [2.24, 2.45) is 7.05 Å². The van der Waals surface area contributed by atoms with E-state index in [-0.39, 0.29) is 12.2 Å². The molecule has 0 N–H and O–H groups in total. The molecule has 0 bridgehead atoms. The summed E-state index contributed by atoms with van der Waals surface area (Å²) >= 11 is 0. The predicted octanol–water partition coefficient (Wildman–Crippen LogP) is 3.05. The highest BCUT2D eigenvalue weighted by Crippen LogP contribution is 2.27. The van der Waals surface area contributed by atoms with Gasteiger partial charge in [0.25, 0.3) is 0 Å². The van der Waals surface area contributed by atoms with Crippen molar-refractivity contribution in [1.82, 2.24) is 34.8 Å². The smallest absolute Gasteiger partial charge is 0.170 e. The fourth-order valence-electron chi connectivity index (χ4n) is 4.18. The van der Waals surface area contributed by atoms with Crippen LogP contribution >= 0.6 is 0 Å². The first-order chi connectivity index (χ1) is 15.5. The van der Waals surface area contributed by atoms with Crippen LogP contribution in [-0.4, -0.2) is 60.8 Å². The van der Waals surface area contributed by atoms with Gasteiger partial charge in [0.2, 0.25) is 0 Å². The summed E-state index contributed by atoms with van der Waals surface area (Å²) in [6.45, 7) is 2.12. The van der Waals surface area contributed by atoms with Crippen LogP contribution in [0.25, 0.3) is 22.2 Å². The van der Waals surface area contributed by atoms with Crippen LogP contribution in [0.15, 0.2) is 48.9 Å². The third-order valence-electron chi connectivity index (χ3n) is 6.09. The highest BCUT2D eigenvalue weighted by atomic mass is 16.1. The zero-order chi connectivity index (χ0) is 22.1. The fourth-order valence-corrected chi connectivity index (χ4v) is 4.18. The molecule has 0 aliphatic carbocycles. The van der Waals surface area contributed by atoms with E-state index in [1.165, 1.54) is 0 Å². The molecule has 0 unspecified atom stereocenters. The van der Waals surface area contributed by atoms with Crippen molar-refractivity contribution < 1.29 is 4.79 Å². The van der Waals surface area contributed by atoms with Gasteiger partial charge in [-0.1, -0.05) is 17.3 Å². The molecule has 0 spiro atoms. The average molecular weight is 428 g/mol. The van der Waals surface area contributed by atoms with Gasteiger partial charge in [-0.2, -0.15) is 0 Å². The van der Waals surface area contributed by atoms with Crippen molar-refractivity contribution in [2.45, 2.75) is 25.2 Å². The van der Waals surface area contributed by atoms with Gasteiger partial charge in [0.1, 0.15) is 11.5 Å². The minimum atomic E-state index is 0.00556.